The van der Waals surface area contributed by atoms with Crippen molar-refractivity contribution >= 4 is 28.9 Å². The number of nitrogens with one attached hydrogen (secondary N) is 1. The lowest BCUT2D eigenvalue weighted by Crippen LogP contribution is -2.14. The van der Waals surface area contributed by atoms with Crippen molar-refractivity contribution in [1.82, 2.24) is 0 Å². The molecule has 1 amide bonds. The zero-order valence-electron chi connectivity index (χ0n) is 14.0. The second kappa shape index (κ2) is 7.97. The Balaban J connectivity index is 1.60. The smallest absolute Gasteiger partial charge is 0.350 e. The molecule has 0 aliphatic rings. The number of halogens is 1. The van der Waals surface area contributed by atoms with Gasteiger partial charge in [0.25, 0.3) is 0 Å². The number of ether oxygens (including phenoxy) is 1. The van der Waals surface area contributed by atoms with E-state index < -0.39 is 5.97 Å². The number of benzene rings is 1. The van der Waals surface area contributed by atoms with Crippen LogP contribution < -0.4 is 5.32 Å². The van der Waals surface area contributed by atoms with Gasteiger partial charge in [0.15, 0.2) is 0 Å². The molecule has 26 heavy (non-hydrogen) atoms. The SMILES string of the molecule is COC(=O)c1sccc1NC(=O)CCc1ccc(-c2ccccc2F)o1. The van der Waals surface area contributed by atoms with E-state index in [9.17, 15) is 14.0 Å². The molecule has 0 unspecified atom stereocenters. The van der Waals surface area contributed by atoms with Crippen molar-refractivity contribution in [3.8, 4) is 11.3 Å². The standard InChI is InChI=1S/C19H16FNO4S/c1-24-19(23)18-15(10-11-26-18)21-17(22)9-7-12-6-8-16(25-12)13-4-2-3-5-14(13)20/h2-6,8,10-11H,7,9H2,1H3,(H,21,22). The summed E-state index contributed by atoms with van der Waals surface area (Å²) in [5.74, 6) is -0.103. The average molecular weight is 373 g/mol. The van der Waals surface area contributed by atoms with Gasteiger partial charge >= 0.3 is 5.97 Å². The monoisotopic (exact) mass is 373 g/mol. The molecule has 2 aromatic heterocycles. The van der Waals surface area contributed by atoms with Crippen LogP contribution in [0.1, 0.15) is 21.9 Å². The van der Waals surface area contributed by atoms with E-state index in [1.807, 2.05) is 0 Å². The molecule has 0 saturated heterocycles. The molecule has 3 rings (SSSR count). The molecule has 0 bridgehead atoms. The predicted octanol–water partition coefficient (Wildman–Crippen LogP) is 4.51. The van der Waals surface area contributed by atoms with Crippen LogP contribution in [0.2, 0.25) is 0 Å². The average Bonchev–Trinajstić information content (AvgIpc) is 3.29. The van der Waals surface area contributed by atoms with Gasteiger partial charge in [-0.3, -0.25) is 4.79 Å². The van der Waals surface area contributed by atoms with Crippen LogP contribution in [0.15, 0.2) is 52.3 Å². The summed E-state index contributed by atoms with van der Waals surface area (Å²) < 4.78 is 24.1. The Morgan fingerprint density at radius 1 is 1.19 bits per heavy atom. The lowest BCUT2D eigenvalue weighted by atomic mass is 10.1. The maximum Gasteiger partial charge on any atom is 0.350 e. The molecule has 0 spiro atoms. The minimum atomic E-state index is -0.490. The van der Waals surface area contributed by atoms with Crippen LogP contribution >= 0.6 is 11.3 Å². The van der Waals surface area contributed by atoms with E-state index in [0.717, 1.165) is 0 Å². The summed E-state index contributed by atoms with van der Waals surface area (Å²) in [5.41, 5.74) is 0.808. The molecule has 1 N–H and O–H groups in total. The van der Waals surface area contributed by atoms with E-state index in [4.69, 9.17) is 4.42 Å². The topological polar surface area (TPSA) is 68.5 Å². The number of anilines is 1. The molecule has 0 aliphatic carbocycles. The molecule has 0 radical (unpaired) electrons. The van der Waals surface area contributed by atoms with Gasteiger partial charge in [-0.05, 0) is 35.7 Å². The molecule has 134 valence electrons. The summed E-state index contributed by atoms with van der Waals surface area (Å²) in [6.45, 7) is 0. The molecule has 0 atom stereocenters. The number of hydrogen-bond donors (Lipinski definition) is 1. The van der Waals surface area contributed by atoms with Crippen molar-refractivity contribution in [1.29, 1.82) is 0 Å². The highest BCUT2D eigenvalue weighted by atomic mass is 32.1. The molecule has 3 aromatic rings. The van der Waals surface area contributed by atoms with Crippen molar-refractivity contribution in [2.24, 2.45) is 0 Å². The van der Waals surface area contributed by atoms with Gasteiger partial charge in [-0.15, -0.1) is 11.3 Å². The third-order valence-corrected chi connectivity index (χ3v) is 4.60. The first-order valence-corrected chi connectivity index (χ1v) is 8.75. The minimum absolute atomic E-state index is 0.167. The van der Waals surface area contributed by atoms with E-state index in [1.54, 1.807) is 41.8 Å². The first-order valence-electron chi connectivity index (χ1n) is 7.87. The van der Waals surface area contributed by atoms with E-state index in [-0.39, 0.29) is 18.1 Å². The van der Waals surface area contributed by atoms with E-state index in [2.05, 4.69) is 10.1 Å². The number of rotatable bonds is 6. The number of esters is 1. The number of furan rings is 1. The van der Waals surface area contributed by atoms with Crippen molar-refractivity contribution in [2.75, 3.05) is 12.4 Å². The lowest BCUT2D eigenvalue weighted by Gasteiger charge is -2.05. The normalized spacial score (nSPS) is 10.5. The fraction of sp³-hybridized carbons (Fsp3) is 0.158. The molecular formula is C19H16FNO4S. The molecule has 0 fully saturated rings. The Bertz CT molecular complexity index is 931. The van der Waals surface area contributed by atoms with Crippen LogP contribution in [0.25, 0.3) is 11.3 Å². The van der Waals surface area contributed by atoms with Gasteiger partial charge in [0.2, 0.25) is 5.91 Å². The van der Waals surface area contributed by atoms with Gasteiger partial charge in [-0.2, -0.15) is 0 Å². The molecule has 7 heteroatoms. The number of aryl methyl sites for hydroxylation is 1. The Hall–Kier alpha value is -2.93. The second-order valence-electron chi connectivity index (χ2n) is 5.45. The molecule has 2 heterocycles. The number of amides is 1. The summed E-state index contributed by atoms with van der Waals surface area (Å²) in [4.78, 5) is 24.1. The van der Waals surface area contributed by atoms with Gasteiger partial charge in [0.1, 0.15) is 22.2 Å². The van der Waals surface area contributed by atoms with Crippen LogP contribution in [0.4, 0.5) is 10.1 Å². The van der Waals surface area contributed by atoms with Crippen molar-refractivity contribution in [2.45, 2.75) is 12.8 Å². The largest absolute Gasteiger partial charge is 0.465 e. The number of hydrogen-bond acceptors (Lipinski definition) is 5. The number of thiophene rings is 1. The van der Waals surface area contributed by atoms with Gasteiger partial charge in [0, 0.05) is 12.8 Å². The van der Waals surface area contributed by atoms with E-state index >= 15 is 0 Å². The van der Waals surface area contributed by atoms with Crippen LogP contribution in [0, 0.1) is 5.82 Å². The summed E-state index contributed by atoms with van der Waals surface area (Å²) in [6.07, 6.45) is 0.526. The van der Waals surface area contributed by atoms with E-state index in [1.165, 1.54) is 24.5 Å². The molecule has 5 nitrogen and oxygen atoms in total. The highest BCUT2D eigenvalue weighted by Gasteiger charge is 2.16. The lowest BCUT2D eigenvalue weighted by molar-refractivity contribution is -0.116. The minimum Gasteiger partial charge on any atom is -0.465 e. The van der Waals surface area contributed by atoms with Crippen LogP contribution in [-0.4, -0.2) is 19.0 Å². The van der Waals surface area contributed by atoms with Crippen molar-refractivity contribution in [3.63, 3.8) is 0 Å². The second-order valence-corrected chi connectivity index (χ2v) is 6.37. The maximum absolute atomic E-state index is 13.8. The maximum atomic E-state index is 13.8. The predicted molar refractivity (Wildman–Crippen MR) is 96.7 cm³/mol. The summed E-state index contributed by atoms with van der Waals surface area (Å²) in [7, 11) is 1.29. The van der Waals surface area contributed by atoms with Crippen molar-refractivity contribution in [3.05, 3.63) is 64.3 Å². The summed E-state index contributed by atoms with van der Waals surface area (Å²) in [6, 6.07) is 11.4. The van der Waals surface area contributed by atoms with Crippen LogP contribution in [0.5, 0.6) is 0 Å². The Kier molecular flexibility index (Phi) is 5.48. The van der Waals surface area contributed by atoms with Gasteiger partial charge in [-0.25, -0.2) is 9.18 Å². The molecule has 1 aromatic carbocycles. The first kappa shape index (κ1) is 17.9. The fourth-order valence-electron chi connectivity index (χ4n) is 2.43. The number of carbonyl (C=O) groups excluding carboxylic acids is 2. The molecule has 0 saturated carbocycles. The Morgan fingerprint density at radius 3 is 2.77 bits per heavy atom. The van der Waals surface area contributed by atoms with Crippen molar-refractivity contribution < 1.29 is 23.1 Å². The van der Waals surface area contributed by atoms with E-state index in [0.29, 0.717) is 34.1 Å². The highest BCUT2D eigenvalue weighted by molar-refractivity contribution is 7.12. The van der Waals surface area contributed by atoms with Crippen LogP contribution in [-0.2, 0) is 16.0 Å². The van der Waals surface area contributed by atoms with Gasteiger partial charge in [0.05, 0.1) is 18.4 Å². The quantitative estimate of drug-likeness (QED) is 0.646. The third-order valence-electron chi connectivity index (χ3n) is 3.71. The third kappa shape index (κ3) is 4.00. The Morgan fingerprint density at radius 2 is 2.00 bits per heavy atom. The number of carbonyl (C=O) groups is 2. The summed E-state index contributed by atoms with van der Waals surface area (Å²) >= 11 is 1.20. The first-order chi connectivity index (χ1) is 12.6. The van der Waals surface area contributed by atoms with Crippen LogP contribution in [0.3, 0.4) is 0 Å². The zero-order valence-corrected chi connectivity index (χ0v) is 14.8. The van der Waals surface area contributed by atoms with Gasteiger partial charge < -0.3 is 14.5 Å². The highest BCUT2D eigenvalue weighted by Crippen LogP contribution is 2.26. The zero-order chi connectivity index (χ0) is 18.5. The molecule has 0 aliphatic heterocycles. The fourth-order valence-corrected chi connectivity index (χ4v) is 3.19. The molecular weight excluding hydrogens is 357 g/mol. The van der Waals surface area contributed by atoms with Gasteiger partial charge in [-0.1, -0.05) is 12.1 Å². The summed E-state index contributed by atoms with van der Waals surface area (Å²) in [5, 5.41) is 4.40. The number of methoxy groups -OCH3 is 1. The Labute approximate surface area is 153 Å².